The van der Waals surface area contributed by atoms with Crippen LogP contribution < -0.4 is 4.52 Å². The molecule has 0 aliphatic carbocycles. The third-order valence-corrected chi connectivity index (χ3v) is 3.67. The van der Waals surface area contributed by atoms with Gasteiger partial charge in [0.15, 0.2) is 11.6 Å². The van der Waals surface area contributed by atoms with Gasteiger partial charge in [-0.2, -0.15) is 0 Å². The van der Waals surface area contributed by atoms with Crippen molar-refractivity contribution in [3.63, 3.8) is 0 Å². The Balaban J connectivity index is 2.00. The number of phosphoric acid groups is 1. The van der Waals surface area contributed by atoms with Gasteiger partial charge in [-0.1, -0.05) is 42.5 Å². The second-order valence-electron chi connectivity index (χ2n) is 4.79. The van der Waals surface area contributed by atoms with Crippen molar-refractivity contribution in [3.8, 4) is 16.9 Å². The second kappa shape index (κ2) is 5.54. The number of phosphoric ester groups is 1. The third-order valence-electron chi connectivity index (χ3n) is 3.23. The van der Waals surface area contributed by atoms with Gasteiger partial charge in [-0.3, -0.25) is 9.79 Å². The van der Waals surface area contributed by atoms with Gasteiger partial charge in [0.25, 0.3) is 0 Å². The summed E-state index contributed by atoms with van der Waals surface area (Å²) in [4.78, 5) is 17.4. The first kappa shape index (κ1) is 14.7. The van der Waals surface area contributed by atoms with E-state index in [2.05, 4.69) is 4.52 Å². The topological polar surface area (TPSA) is 66.8 Å². The fraction of sp³-hybridized carbons (Fsp3) is 0. The molecule has 0 amide bonds. The number of hydrogen-bond donors (Lipinski definition) is 2. The number of halogens is 1. The van der Waals surface area contributed by atoms with E-state index in [1.807, 2.05) is 42.5 Å². The maximum absolute atomic E-state index is 13.9. The molecule has 112 valence electrons. The lowest BCUT2D eigenvalue weighted by molar-refractivity contribution is 0.278. The highest BCUT2D eigenvalue weighted by molar-refractivity contribution is 7.46. The zero-order valence-electron chi connectivity index (χ0n) is 11.3. The van der Waals surface area contributed by atoms with Gasteiger partial charge in [-0.15, -0.1) is 0 Å². The summed E-state index contributed by atoms with van der Waals surface area (Å²) in [6, 6.07) is 17.5. The fourth-order valence-corrected chi connectivity index (χ4v) is 2.66. The number of fused-ring (bicyclic) bond motifs is 1. The summed E-state index contributed by atoms with van der Waals surface area (Å²) in [6.07, 6.45) is 0. The van der Waals surface area contributed by atoms with Crippen molar-refractivity contribution in [1.82, 2.24) is 0 Å². The molecule has 0 aliphatic rings. The van der Waals surface area contributed by atoms with Crippen molar-refractivity contribution in [3.05, 3.63) is 66.5 Å². The summed E-state index contributed by atoms with van der Waals surface area (Å²) >= 11 is 0. The second-order valence-corrected chi connectivity index (χ2v) is 5.95. The molecule has 0 saturated carbocycles. The number of hydrogen-bond acceptors (Lipinski definition) is 2. The van der Waals surface area contributed by atoms with Crippen LogP contribution in [0.1, 0.15) is 0 Å². The van der Waals surface area contributed by atoms with Gasteiger partial charge in [0.05, 0.1) is 0 Å². The Hall–Kier alpha value is -2.20. The monoisotopic (exact) mass is 318 g/mol. The molecule has 3 rings (SSSR count). The molecule has 0 aromatic heterocycles. The lowest BCUT2D eigenvalue weighted by Crippen LogP contribution is -1.93. The molecular formula is C16H12FO4P. The van der Waals surface area contributed by atoms with Crippen LogP contribution in [0.4, 0.5) is 4.39 Å². The molecule has 3 aromatic rings. The zero-order chi connectivity index (χ0) is 15.7. The van der Waals surface area contributed by atoms with Crippen molar-refractivity contribution < 1.29 is 23.3 Å². The minimum Gasteiger partial charge on any atom is -0.401 e. The standard InChI is InChI=1S/C16H12FO4P/c17-15-10-14(7-8-16(15)21-22(18,19)20)13-6-5-11-3-1-2-4-12(11)9-13/h1-10H,(H2,18,19,20). The van der Waals surface area contributed by atoms with Crippen molar-refractivity contribution in [2.75, 3.05) is 0 Å². The molecule has 6 heteroatoms. The Bertz CT molecular complexity index is 888. The molecule has 0 bridgehead atoms. The highest BCUT2D eigenvalue weighted by Crippen LogP contribution is 2.39. The maximum Gasteiger partial charge on any atom is 0.524 e. The van der Waals surface area contributed by atoms with Crippen LogP contribution in [0, 0.1) is 5.82 Å². The van der Waals surface area contributed by atoms with E-state index in [0.717, 1.165) is 16.3 Å². The van der Waals surface area contributed by atoms with Gasteiger partial charge in [0.1, 0.15) is 0 Å². The molecule has 2 N–H and O–H groups in total. The minimum absolute atomic E-state index is 0.474. The quantitative estimate of drug-likeness (QED) is 0.713. The van der Waals surface area contributed by atoms with Crippen molar-refractivity contribution in [2.45, 2.75) is 0 Å². The predicted octanol–water partition coefficient (Wildman–Crippen LogP) is 4.12. The van der Waals surface area contributed by atoms with Gasteiger partial charge in [-0.05, 0) is 40.1 Å². The van der Waals surface area contributed by atoms with Gasteiger partial charge < -0.3 is 4.52 Å². The van der Waals surface area contributed by atoms with Gasteiger partial charge in [0, 0.05) is 0 Å². The van der Waals surface area contributed by atoms with E-state index in [1.165, 1.54) is 12.1 Å². The third kappa shape index (κ3) is 3.17. The molecule has 0 fully saturated rings. The SMILES string of the molecule is O=P(O)(O)Oc1ccc(-c2ccc3ccccc3c2)cc1F. The van der Waals surface area contributed by atoms with E-state index < -0.39 is 19.4 Å². The van der Waals surface area contributed by atoms with Crippen molar-refractivity contribution in [2.24, 2.45) is 0 Å². The van der Waals surface area contributed by atoms with Gasteiger partial charge in [-0.25, -0.2) is 8.96 Å². The Kier molecular flexibility index (Phi) is 3.71. The smallest absolute Gasteiger partial charge is 0.401 e. The summed E-state index contributed by atoms with van der Waals surface area (Å²) in [5, 5.41) is 2.10. The average molecular weight is 318 g/mol. The molecule has 0 saturated heterocycles. The van der Waals surface area contributed by atoms with Crippen LogP contribution in [-0.4, -0.2) is 9.79 Å². The maximum atomic E-state index is 13.9. The largest absolute Gasteiger partial charge is 0.524 e. The summed E-state index contributed by atoms with van der Waals surface area (Å²) < 4.78 is 29.0. The fourth-order valence-electron chi connectivity index (χ4n) is 2.25. The summed E-state index contributed by atoms with van der Waals surface area (Å²) in [6.45, 7) is 0. The Morgan fingerprint density at radius 2 is 1.50 bits per heavy atom. The predicted molar refractivity (Wildman–Crippen MR) is 82.0 cm³/mol. The first-order valence-corrected chi connectivity index (χ1v) is 7.99. The highest BCUT2D eigenvalue weighted by atomic mass is 31.2. The molecule has 0 spiro atoms. The van der Waals surface area contributed by atoms with E-state index in [1.54, 1.807) is 6.07 Å². The van der Waals surface area contributed by atoms with E-state index >= 15 is 0 Å². The van der Waals surface area contributed by atoms with Crippen LogP contribution in [0.5, 0.6) is 5.75 Å². The van der Waals surface area contributed by atoms with Crippen LogP contribution in [0.2, 0.25) is 0 Å². The molecule has 0 atom stereocenters. The molecule has 0 aliphatic heterocycles. The zero-order valence-corrected chi connectivity index (χ0v) is 12.2. The first-order valence-electron chi connectivity index (χ1n) is 6.46. The molecule has 0 unspecified atom stereocenters. The summed E-state index contributed by atoms with van der Waals surface area (Å²) in [5.41, 5.74) is 1.40. The summed E-state index contributed by atoms with van der Waals surface area (Å²) in [7, 11) is -4.77. The molecule has 22 heavy (non-hydrogen) atoms. The summed E-state index contributed by atoms with van der Waals surface area (Å²) in [5.74, 6) is -1.30. The van der Waals surface area contributed by atoms with Crippen LogP contribution in [0.15, 0.2) is 60.7 Å². The van der Waals surface area contributed by atoms with Crippen LogP contribution >= 0.6 is 7.82 Å². The van der Waals surface area contributed by atoms with Gasteiger partial charge >= 0.3 is 7.82 Å². The Morgan fingerprint density at radius 1 is 0.864 bits per heavy atom. The normalized spacial score (nSPS) is 11.6. The molecule has 0 heterocycles. The molecule has 3 aromatic carbocycles. The van der Waals surface area contributed by atoms with Crippen LogP contribution in [-0.2, 0) is 4.57 Å². The van der Waals surface area contributed by atoms with E-state index in [4.69, 9.17) is 9.79 Å². The highest BCUT2D eigenvalue weighted by Gasteiger charge is 2.19. The van der Waals surface area contributed by atoms with Crippen LogP contribution in [0.25, 0.3) is 21.9 Å². The number of rotatable bonds is 3. The molecular weight excluding hydrogens is 306 g/mol. The molecule has 4 nitrogen and oxygen atoms in total. The lowest BCUT2D eigenvalue weighted by atomic mass is 10.0. The first-order chi connectivity index (χ1) is 10.4. The minimum atomic E-state index is -4.77. The molecule has 0 radical (unpaired) electrons. The lowest BCUT2D eigenvalue weighted by Gasteiger charge is -2.09. The van der Waals surface area contributed by atoms with E-state index in [0.29, 0.717) is 5.56 Å². The van der Waals surface area contributed by atoms with E-state index in [9.17, 15) is 8.96 Å². The number of benzene rings is 3. The Labute approximate surface area is 126 Å². The van der Waals surface area contributed by atoms with E-state index in [-0.39, 0.29) is 0 Å². The average Bonchev–Trinajstić information content (AvgIpc) is 2.47. The van der Waals surface area contributed by atoms with Gasteiger partial charge in [0.2, 0.25) is 0 Å². The van der Waals surface area contributed by atoms with Crippen molar-refractivity contribution >= 4 is 18.6 Å². The van der Waals surface area contributed by atoms with Crippen LogP contribution in [0.3, 0.4) is 0 Å². The Morgan fingerprint density at radius 3 is 2.18 bits per heavy atom. The van der Waals surface area contributed by atoms with Crippen molar-refractivity contribution in [1.29, 1.82) is 0 Å².